The van der Waals surface area contributed by atoms with E-state index in [4.69, 9.17) is 25.4 Å². The predicted octanol–water partition coefficient (Wildman–Crippen LogP) is 3.54. The van der Waals surface area contributed by atoms with Crippen molar-refractivity contribution < 1.29 is 14.2 Å². The first-order chi connectivity index (χ1) is 20.0. The van der Waals surface area contributed by atoms with E-state index in [0.29, 0.717) is 40.9 Å². The molecule has 41 heavy (non-hydrogen) atoms. The molecule has 0 spiro atoms. The van der Waals surface area contributed by atoms with Crippen molar-refractivity contribution in [3.05, 3.63) is 94.2 Å². The van der Waals surface area contributed by atoms with Gasteiger partial charge in [-0.2, -0.15) is 4.68 Å². The van der Waals surface area contributed by atoms with Gasteiger partial charge in [0.2, 0.25) is 0 Å². The summed E-state index contributed by atoms with van der Waals surface area (Å²) in [5.74, 6) is 2.12. The first kappa shape index (κ1) is 27.8. The molecular weight excluding hydrogens is 522 g/mol. The Kier molecular flexibility index (Phi) is 8.54. The Hall–Kier alpha value is -4.77. The zero-order valence-corrected chi connectivity index (χ0v) is 23.2. The zero-order chi connectivity index (χ0) is 28.8. The van der Waals surface area contributed by atoms with Crippen molar-refractivity contribution >= 4 is 11.5 Å². The SMILES string of the molecule is COc1cc(C(Nc2ccc(C(=N)N)cc2)c2nn(-c3ccccc3OC)c(=O)[nH]2)ccc1OCCN1CCCC1. The highest BCUT2D eigenvalue weighted by atomic mass is 16.5. The second-order valence-electron chi connectivity index (χ2n) is 9.77. The van der Waals surface area contributed by atoms with E-state index in [-0.39, 0.29) is 5.84 Å². The van der Waals surface area contributed by atoms with Gasteiger partial charge in [0.05, 0.1) is 14.2 Å². The number of hydrogen-bond acceptors (Lipinski definition) is 8. The van der Waals surface area contributed by atoms with Crippen LogP contribution >= 0.6 is 0 Å². The van der Waals surface area contributed by atoms with Gasteiger partial charge in [-0.05, 0) is 80.0 Å². The van der Waals surface area contributed by atoms with Gasteiger partial charge in [0.15, 0.2) is 17.3 Å². The number of aromatic nitrogens is 3. The van der Waals surface area contributed by atoms with Crippen molar-refractivity contribution in [2.75, 3.05) is 45.8 Å². The number of ether oxygens (including phenoxy) is 3. The molecule has 2 heterocycles. The fraction of sp³-hybridized carbons (Fsp3) is 0.300. The van der Waals surface area contributed by atoms with Gasteiger partial charge in [-0.3, -0.25) is 15.3 Å². The van der Waals surface area contributed by atoms with Crippen LogP contribution in [0.4, 0.5) is 5.69 Å². The summed E-state index contributed by atoms with van der Waals surface area (Å²) >= 11 is 0. The molecule has 1 unspecified atom stereocenters. The average Bonchev–Trinajstić information content (AvgIpc) is 3.66. The summed E-state index contributed by atoms with van der Waals surface area (Å²) in [6, 6.07) is 19.5. The lowest BCUT2D eigenvalue weighted by atomic mass is 10.0. The molecule has 1 atom stereocenters. The standard InChI is InChI=1S/C30H35N7O4/c1-39-24-8-4-3-7-23(24)37-30(38)34-29(35-37)27(33-22-12-9-20(10-13-22)28(31)32)21-11-14-25(26(19-21)40-2)41-18-17-36-15-5-6-16-36/h3-4,7-14,19,27,33H,5-6,15-18H2,1-2H3,(H3,31,32)(H,34,35,38). The number of nitrogens with one attached hydrogen (secondary N) is 3. The first-order valence-corrected chi connectivity index (χ1v) is 13.5. The van der Waals surface area contributed by atoms with Crippen LogP contribution in [-0.2, 0) is 0 Å². The monoisotopic (exact) mass is 557 g/mol. The molecule has 214 valence electrons. The van der Waals surface area contributed by atoms with Crippen molar-refractivity contribution in [2.45, 2.75) is 18.9 Å². The number of aromatic amines is 1. The van der Waals surface area contributed by atoms with E-state index in [2.05, 4.69) is 20.3 Å². The van der Waals surface area contributed by atoms with Crippen LogP contribution in [0.1, 0.15) is 35.8 Å². The molecule has 0 bridgehead atoms. The largest absolute Gasteiger partial charge is 0.494 e. The van der Waals surface area contributed by atoms with Gasteiger partial charge in [-0.25, -0.2) is 4.79 Å². The van der Waals surface area contributed by atoms with Crippen LogP contribution in [-0.4, -0.2) is 66.0 Å². The van der Waals surface area contributed by atoms with Crippen molar-refractivity contribution in [3.8, 4) is 22.9 Å². The van der Waals surface area contributed by atoms with Crippen LogP contribution in [0.25, 0.3) is 5.69 Å². The average molecular weight is 558 g/mol. The number of hydrogen-bond donors (Lipinski definition) is 4. The number of amidine groups is 1. The molecule has 0 saturated carbocycles. The van der Waals surface area contributed by atoms with Crippen LogP contribution in [0, 0.1) is 5.41 Å². The van der Waals surface area contributed by atoms with Crippen LogP contribution in [0.5, 0.6) is 17.2 Å². The minimum atomic E-state index is -0.561. The summed E-state index contributed by atoms with van der Waals surface area (Å²) in [5.41, 5.74) is 7.90. The van der Waals surface area contributed by atoms with Crippen molar-refractivity contribution in [3.63, 3.8) is 0 Å². The van der Waals surface area contributed by atoms with E-state index in [1.54, 1.807) is 38.5 Å². The highest BCUT2D eigenvalue weighted by Crippen LogP contribution is 2.33. The van der Waals surface area contributed by atoms with Gasteiger partial charge < -0.3 is 25.3 Å². The fourth-order valence-electron chi connectivity index (χ4n) is 4.93. The lowest BCUT2D eigenvalue weighted by Gasteiger charge is -2.21. The van der Waals surface area contributed by atoms with Gasteiger partial charge >= 0.3 is 5.69 Å². The second kappa shape index (κ2) is 12.6. The van der Waals surface area contributed by atoms with Crippen LogP contribution in [0.3, 0.4) is 0 Å². The maximum atomic E-state index is 13.1. The van der Waals surface area contributed by atoms with Crippen LogP contribution in [0.15, 0.2) is 71.5 Å². The number of para-hydroxylation sites is 2. The number of benzene rings is 3. The molecule has 5 rings (SSSR count). The smallest absolute Gasteiger partial charge is 0.348 e. The summed E-state index contributed by atoms with van der Waals surface area (Å²) in [6.45, 7) is 3.66. The summed E-state index contributed by atoms with van der Waals surface area (Å²) in [7, 11) is 3.15. The summed E-state index contributed by atoms with van der Waals surface area (Å²) in [5, 5.41) is 15.8. The zero-order valence-electron chi connectivity index (χ0n) is 23.2. The van der Waals surface area contributed by atoms with Gasteiger partial charge in [-0.15, -0.1) is 5.10 Å². The maximum absolute atomic E-state index is 13.1. The molecule has 1 aliphatic rings. The molecule has 11 heteroatoms. The Labute approximate surface area is 238 Å². The van der Waals surface area contributed by atoms with E-state index in [1.807, 2.05) is 42.5 Å². The quantitative estimate of drug-likeness (QED) is 0.153. The molecule has 3 aromatic carbocycles. The van der Waals surface area contributed by atoms with E-state index in [1.165, 1.54) is 17.5 Å². The lowest BCUT2D eigenvalue weighted by Crippen LogP contribution is -2.25. The Bertz CT molecular complexity index is 1540. The molecular formula is C30H35N7O4. The third-order valence-electron chi connectivity index (χ3n) is 7.11. The molecule has 0 aliphatic carbocycles. The minimum absolute atomic E-state index is 0.0157. The summed E-state index contributed by atoms with van der Waals surface area (Å²) in [6.07, 6.45) is 2.47. The Morgan fingerprint density at radius 1 is 1.02 bits per heavy atom. The van der Waals surface area contributed by atoms with E-state index < -0.39 is 11.7 Å². The Balaban J connectivity index is 1.48. The highest BCUT2D eigenvalue weighted by molar-refractivity contribution is 5.95. The van der Waals surface area contributed by atoms with E-state index >= 15 is 0 Å². The molecule has 1 fully saturated rings. The van der Waals surface area contributed by atoms with Crippen LogP contribution < -0.4 is 31.0 Å². The van der Waals surface area contributed by atoms with Crippen molar-refractivity contribution in [2.24, 2.45) is 5.73 Å². The number of methoxy groups -OCH3 is 2. The van der Waals surface area contributed by atoms with E-state index in [0.717, 1.165) is 30.9 Å². The van der Waals surface area contributed by atoms with E-state index in [9.17, 15) is 4.79 Å². The lowest BCUT2D eigenvalue weighted by molar-refractivity contribution is 0.230. The third-order valence-corrected chi connectivity index (χ3v) is 7.11. The topological polar surface area (TPSA) is 144 Å². The predicted molar refractivity (Wildman–Crippen MR) is 158 cm³/mol. The maximum Gasteiger partial charge on any atom is 0.348 e. The van der Waals surface area contributed by atoms with Gasteiger partial charge in [0.25, 0.3) is 0 Å². The van der Waals surface area contributed by atoms with Crippen LogP contribution in [0.2, 0.25) is 0 Å². The molecule has 0 amide bonds. The third kappa shape index (κ3) is 6.36. The normalized spacial score (nSPS) is 14.0. The number of nitrogens with two attached hydrogens (primary N) is 1. The van der Waals surface area contributed by atoms with Gasteiger partial charge in [0, 0.05) is 17.8 Å². The molecule has 0 radical (unpaired) electrons. The number of anilines is 1. The molecule has 1 aliphatic heterocycles. The van der Waals surface area contributed by atoms with Gasteiger partial charge in [0.1, 0.15) is 29.9 Å². The van der Waals surface area contributed by atoms with Crippen molar-refractivity contribution in [1.82, 2.24) is 19.7 Å². The molecule has 11 nitrogen and oxygen atoms in total. The van der Waals surface area contributed by atoms with Crippen molar-refractivity contribution in [1.29, 1.82) is 5.41 Å². The number of H-pyrrole nitrogens is 1. The number of nitrogen functional groups attached to an aromatic ring is 1. The molecule has 1 aromatic heterocycles. The fourth-order valence-corrected chi connectivity index (χ4v) is 4.93. The number of nitrogens with zero attached hydrogens (tertiary/aromatic N) is 3. The van der Waals surface area contributed by atoms with Gasteiger partial charge in [-0.1, -0.05) is 18.2 Å². The molecule has 5 N–H and O–H groups in total. The first-order valence-electron chi connectivity index (χ1n) is 13.5. The number of rotatable bonds is 12. The molecule has 1 saturated heterocycles. The highest BCUT2D eigenvalue weighted by Gasteiger charge is 2.23. The summed E-state index contributed by atoms with van der Waals surface area (Å²) < 4.78 is 18.5. The number of likely N-dealkylation sites (tertiary alicyclic amines) is 1. The summed E-state index contributed by atoms with van der Waals surface area (Å²) in [4.78, 5) is 18.4. The minimum Gasteiger partial charge on any atom is -0.494 e. The Morgan fingerprint density at radius 2 is 1.76 bits per heavy atom. The molecule has 4 aromatic rings. The second-order valence-corrected chi connectivity index (χ2v) is 9.77. The Morgan fingerprint density at radius 3 is 2.46 bits per heavy atom.